The summed E-state index contributed by atoms with van der Waals surface area (Å²) in [6, 6.07) is 1.00. The maximum absolute atomic E-state index is 6.01. The molecule has 0 unspecified atom stereocenters. The van der Waals surface area contributed by atoms with Gasteiger partial charge in [-0.25, -0.2) is 0 Å². The fraction of sp³-hybridized carbons (Fsp3) is 1.00. The van der Waals surface area contributed by atoms with Gasteiger partial charge in [0, 0.05) is 13.7 Å². The average Bonchev–Trinajstić information content (AvgIpc) is 3.05. The largest absolute Gasteiger partial charge is 0.442 e. The van der Waals surface area contributed by atoms with Crippen LogP contribution in [0.1, 0.15) is 6.42 Å². The Morgan fingerprint density at radius 1 is 0.348 bits per heavy atom. The minimum Gasteiger partial charge on any atom is -0.442 e. The quantitative estimate of drug-likeness (QED) is 0.0645. The van der Waals surface area contributed by atoms with Gasteiger partial charge in [0.05, 0.1) is 145 Å². The molecule has 0 N–H and O–H groups in total. The topological polar surface area (TPSA) is 129 Å². The summed E-state index contributed by atoms with van der Waals surface area (Å²) in [5, 5.41) is 0. The van der Waals surface area contributed by atoms with E-state index in [4.69, 9.17) is 65.1 Å². The molecule has 0 aromatic rings. The first-order valence-corrected chi connectivity index (χ1v) is 23.3. The molecule has 0 fully saturated rings. The molecule has 0 bridgehead atoms. The predicted octanol–water partition coefficient (Wildman–Crippen LogP) is 0.575. The molecule has 0 rings (SSSR count). The van der Waals surface area contributed by atoms with Gasteiger partial charge in [-0.15, -0.1) is 0 Å². The van der Waals surface area contributed by atoms with Crippen LogP contribution in [-0.2, 0) is 65.1 Å². The number of hydrogen-bond acceptors (Lipinski definition) is 14. The molecule has 17 heteroatoms. The van der Waals surface area contributed by atoms with Crippen LogP contribution in [0.5, 0.6) is 0 Å². The minimum atomic E-state index is -1.92. The van der Waals surface area contributed by atoms with E-state index in [1.54, 1.807) is 7.11 Å². The Morgan fingerprint density at radius 3 is 0.783 bits per heavy atom. The lowest BCUT2D eigenvalue weighted by Gasteiger charge is -2.27. The average molecular weight is 723 g/mol. The van der Waals surface area contributed by atoms with Crippen LogP contribution in [0.2, 0.25) is 25.7 Å². The molecular weight excluding hydrogens is 657 g/mol. The molecule has 0 aliphatic carbocycles. The third-order valence-electron chi connectivity index (χ3n) is 5.97. The summed E-state index contributed by atoms with van der Waals surface area (Å²) in [7, 11) is -1.13. The van der Waals surface area contributed by atoms with Crippen molar-refractivity contribution in [3.05, 3.63) is 0 Å². The van der Waals surface area contributed by atoms with E-state index in [0.29, 0.717) is 145 Å². The summed E-state index contributed by atoms with van der Waals surface area (Å²) in [4.78, 5) is 0. The van der Waals surface area contributed by atoms with E-state index in [9.17, 15) is 0 Å². The van der Waals surface area contributed by atoms with Crippen LogP contribution in [0.3, 0.4) is 0 Å². The van der Waals surface area contributed by atoms with Gasteiger partial charge in [-0.05, 0) is 19.0 Å². The van der Waals surface area contributed by atoms with Crippen molar-refractivity contribution in [3.63, 3.8) is 0 Å². The highest BCUT2D eigenvalue weighted by atomic mass is 28.4. The highest BCUT2D eigenvalue weighted by molar-refractivity contribution is 6.74. The lowest BCUT2D eigenvalue weighted by molar-refractivity contribution is -0.0280. The Balaban J connectivity index is 3.13. The zero-order valence-corrected chi connectivity index (χ0v) is 33.1. The van der Waals surface area contributed by atoms with Crippen LogP contribution in [0.4, 0.5) is 0 Å². The van der Waals surface area contributed by atoms with E-state index >= 15 is 0 Å². The van der Waals surface area contributed by atoms with Gasteiger partial charge in [0.1, 0.15) is 19.5 Å². The van der Waals surface area contributed by atoms with Crippen molar-refractivity contribution in [3.8, 4) is 0 Å². The molecule has 0 saturated carbocycles. The van der Waals surface area contributed by atoms with Gasteiger partial charge < -0.3 is 65.1 Å². The third kappa shape index (κ3) is 36.9. The molecule has 0 spiro atoms. The fourth-order valence-corrected chi connectivity index (χ4v) is 11.6. The molecular formula is C29H66O14Si3. The summed E-state index contributed by atoms with van der Waals surface area (Å²) in [6.45, 7) is 19.0. The highest BCUT2D eigenvalue weighted by Gasteiger charge is 2.28. The maximum Gasteiger partial charge on any atom is 0.313 e. The first-order chi connectivity index (χ1) is 22.7. The summed E-state index contributed by atoms with van der Waals surface area (Å²) in [6.07, 6.45) is 0.977. The van der Waals surface area contributed by atoms with Crippen LogP contribution in [0.25, 0.3) is 0 Å². The van der Waals surface area contributed by atoms with Crippen molar-refractivity contribution in [2.24, 2.45) is 0 Å². The smallest absolute Gasteiger partial charge is 0.313 e. The van der Waals surface area contributed by atoms with Crippen molar-refractivity contribution >= 4 is 28.1 Å². The molecule has 0 atom stereocenters. The molecule has 14 nitrogen and oxygen atoms in total. The monoisotopic (exact) mass is 722 g/mol. The predicted molar refractivity (Wildman–Crippen MR) is 183 cm³/mol. The second kappa shape index (κ2) is 39.5. The molecule has 0 aromatic carbocycles. The Kier molecular flexibility index (Phi) is 39.6. The zero-order valence-electron chi connectivity index (χ0n) is 29.3. The van der Waals surface area contributed by atoms with E-state index in [0.717, 1.165) is 19.1 Å². The second-order valence-electron chi connectivity index (χ2n) is 9.83. The first kappa shape index (κ1) is 46.1. The molecule has 0 amide bonds. The van der Waals surface area contributed by atoms with Crippen LogP contribution >= 0.6 is 0 Å². The van der Waals surface area contributed by atoms with Crippen LogP contribution in [0.15, 0.2) is 0 Å². The second-order valence-corrected chi connectivity index (χ2v) is 16.1. The van der Waals surface area contributed by atoms with Crippen molar-refractivity contribution in [1.82, 2.24) is 0 Å². The molecule has 0 heterocycles. The van der Waals surface area contributed by atoms with Gasteiger partial charge in [0.15, 0.2) is 0 Å². The normalized spacial score (nSPS) is 13.6. The molecule has 0 aliphatic heterocycles. The third-order valence-corrected chi connectivity index (χ3v) is 14.4. The summed E-state index contributed by atoms with van der Waals surface area (Å²) >= 11 is 0. The molecule has 278 valence electrons. The first-order valence-electron chi connectivity index (χ1n) is 16.8. The van der Waals surface area contributed by atoms with E-state index in [-0.39, 0.29) is 0 Å². The molecule has 0 aromatic heterocycles. The Labute approximate surface area is 284 Å². The van der Waals surface area contributed by atoms with E-state index in [1.807, 2.05) is 0 Å². The summed E-state index contributed by atoms with van der Waals surface area (Å²) in [5.74, 6) is 0. The van der Waals surface area contributed by atoms with Gasteiger partial charge in [-0.2, -0.15) is 0 Å². The van der Waals surface area contributed by atoms with Gasteiger partial charge >= 0.3 is 8.56 Å². The van der Waals surface area contributed by atoms with Crippen LogP contribution in [-0.4, -0.2) is 187 Å². The van der Waals surface area contributed by atoms with Crippen molar-refractivity contribution in [2.45, 2.75) is 32.1 Å². The van der Waals surface area contributed by atoms with Gasteiger partial charge in [0.25, 0.3) is 0 Å². The molecule has 0 saturated heterocycles. The van der Waals surface area contributed by atoms with E-state index < -0.39 is 28.1 Å². The standard InChI is InChI=1S/C29H66O14Si3/c1-30-7-8-32-11-12-34-15-16-36-19-20-38-23-24-40-27-28-41-26-25-39-22-21-37-18-17-35-14-13-33-10-9-31-6-5-29-46(4,42-44-2)43-45-3/h5-29,44-45H2,1-4H3. The Hall–Kier alpha value is 0.0906. The van der Waals surface area contributed by atoms with E-state index in [2.05, 4.69) is 19.6 Å². The number of ether oxygens (including phenoxy) is 12. The highest BCUT2D eigenvalue weighted by Crippen LogP contribution is 2.14. The van der Waals surface area contributed by atoms with Gasteiger partial charge in [-0.1, -0.05) is 13.1 Å². The Bertz CT molecular complexity index is 569. The summed E-state index contributed by atoms with van der Waals surface area (Å²) < 4.78 is 77.2. The zero-order chi connectivity index (χ0) is 33.5. The van der Waals surface area contributed by atoms with E-state index in [1.165, 1.54) is 0 Å². The maximum atomic E-state index is 6.01. The number of rotatable bonds is 41. The van der Waals surface area contributed by atoms with Gasteiger partial charge in [-0.3, -0.25) is 0 Å². The lowest BCUT2D eigenvalue weighted by Crippen LogP contribution is -2.40. The van der Waals surface area contributed by atoms with Crippen molar-refractivity contribution < 1.29 is 65.1 Å². The van der Waals surface area contributed by atoms with Crippen molar-refractivity contribution in [1.29, 1.82) is 0 Å². The molecule has 0 radical (unpaired) electrons. The fourth-order valence-electron chi connectivity index (χ4n) is 3.74. The van der Waals surface area contributed by atoms with Crippen LogP contribution in [0, 0.1) is 0 Å². The SMILES string of the molecule is COCCOCCOCCOCCOCCOCCOCCOCCOCCOCCOCCOCCC[Si](C)(O[SiH2]C)O[SiH2]C. The van der Waals surface area contributed by atoms with Gasteiger partial charge in [0.2, 0.25) is 0 Å². The molecule has 46 heavy (non-hydrogen) atoms. The number of methoxy groups -OCH3 is 1. The lowest BCUT2D eigenvalue weighted by atomic mass is 10.5. The summed E-state index contributed by atoms with van der Waals surface area (Å²) in [5.41, 5.74) is 0. The molecule has 0 aliphatic rings. The minimum absolute atomic E-state index is 0.433. The Morgan fingerprint density at radius 2 is 0.565 bits per heavy atom. The number of hydrogen-bond donors (Lipinski definition) is 0. The van der Waals surface area contributed by atoms with Crippen LogP contribution < -0.4 is 0 Å². The van der Waals surface area contributed by atoms with Crippen molar-refractivity contribution in [2.75, 3.05) is 159 Å².